The zero-order valence-corrected chi connectivity index (χ0v) is 15.2. The van der Waals surface area contributed by atoms with Crippen molar-refractivity contribution in [2.75, 3.05) is 13.1 Å². The van der Waals surface area contributed by atoms with E-state index < -0.39 is 0 Å². The topological polar surface area (TPSA) is 40.6 Å². The molecule has 0 spiro atoms. The van der Waals surface area contributed by atoms with E-state index in [-0.39, 0.29) is 36.0 Å². The summed E-state index contributed by atoms with van der Waals surface area (Å²) in [6.45, 7) is 6.11. The van der Waals surface area contributed by atoms with Crippen molar-refractivity contribution in [2.45, 2.75) is 64.5 Å². The number of hydrogen-bond donors (Lipinski definition) is 0. The number of carbonyl (C=O) groups is 2. The van der Waals surface area contributed by atoms with Crippen LogP contribution in [0.2, 0.25) is 0 Å². The van der Waals surface area contributed by atoms with Crippen LogP contribution in [-0.4, -0.2) is 40.2 Å². The molecule has 2 heterocycles. The fourth-order valence-electron chi connectivity index (χ4n) is 3.97. The highest BCUT2D eigenvalue weighted by Crippen LogP contribution is 2.28. The van der Waals surface area contributed by atoms with E-state index in [2.05, 4.69) is 13.8 Å². The maximum Gasteiger partial charge on any atom is 0.223 e. The summed E-state index contributed by atoms with van der Waals surface area (Å²) in [5.74, 6) is -0.135. The van der Waals surface area contributed by atoms with Crippen LogP contribution in [0.1, 0.15) is 57.1 Å². The van der Waals surface area contributed by atoms with Crippen molar-refractivity contribution < 1.29 is 14.0 Å². The molecule has 0 unspecified atom stereocenters. The Morgan fingerprint density at radius 3 is 2.60 bits per heavy atom. The third-order valence-electron chi connectivity index (χ3n) is 5.54. The molecule has 5 heteroatoms. The number of benzene rings is 1. The minimum absolute atomic E-state index is 0.0122. The van der Waals surface area contributed by atoms with Crippen LogP contribution in [0.4, 0.5) is 4.39 Å². The first-order valence-electron chi connectivity index (χ1n) is 9.22. The lowest BCUT2D eigenvalue weighted by atomic mass is 9.90. The zero-order valence-electron chi connectivity index (χ0n) is 15.2. The minimum Gasteiger partial charge on any atom is -0.338 e. The molecule has 2 amide bonds. The van der Waals surface area contributed by atoms with E-state index in [1.54, 1.807) is 17.0 Å². The molecule has 136 valence electrons. The summed E-state index contributed by atoms with van der Waals surface area (Å²) in [5, 5.41) is 0. The van der Waals surface area contributed by atoms with Crippen LogP contribution >= 0.6 is 0 Å². The maximum atomic E-state index is 13.3. The normalized spacial score (nSPS) is 19.5. The van der Waals surface area contributed by atoms with E-state index in [0.717, 1.165) is 36.9 Å². The standard InChI is InChI=1S/C20H27FN2O2/c1-20(2)10-3-4-11-23(20)19(25)8-7-18(24)22-12-9-15-13-17(21)6-5-16(15)14-22/h5-6,13H,3-4,7-12,14H2,1-2H3. The van der Waals surface area contributed by atoms with Gasteiger partial charge in [-0.25, -0.2) is 4.39 Å². The lowest BCUT2D eigenvalue weighted by Gasteiger charge is -2.42. The van der Waals surface area contributed by atoms with Gasteiger partial charge in [-0.1, -0.05) is 6.07 Å². The molecule has 2 aliphatic rings. The Morgan fingerprint density at radius 2 is 1.84 bits per heavy atom. The molecule has 1 aromatic rings. The van der Waals surface area contributed by atoms with Crippen LogP contribution in [0.3, 0.4) is 0 Å². The Balaban J connectivity index is 1.54. The molecule has 0 N–H and O–H groups in total. The summed E-state index contributed by atoms with van der Waals surface area (Å²) < 4.78 is 13.3. The van der Waals surface area contributed by atoms with Gasteiger partial charge in [0.05, 0.1) is 0 Å². The Kier molecular flexibility index (Phi) is 5.11. The van der Waals surface area contributed by atoms with E-state index in [4.69, 9.17) is 0 Å². The van der Waals surface area contributed by atoms with Gasteiger partial charge < -0.3 is 9.80 Å². The van der Waals surface area contributed by atoms with Gasteiger partial charge in [0.1, 0.15) is 5.82 Å². The monoisotopic (exact) mass is 346 g/mol. The highest BCUT2D eigenvalue weighted by Gasteiger charge is 2.33. The van der Waals surface area contributed by atoms with E-state index in [1.165, 1.54) is 6.07 Å². The molecule has 0 atom stereocenters. The molecule has 2 aliphatic heterocycles. The summed E-state index contributed by atoms with van der Waals surface area (Å²) in [6.07, 6.45) is 4.42. The first-order chi connectivity index (χ1) is 11.9. The quantitative estimate of drug-likeness (QED) is 0.843. The Hall–Kier alpha value is -1.91. The first-order valence-corrected chi connectivity index (χ1v) is 9.22. The molecular formula is C20H27FN2O2. The molecule has 0 saturated carbocycles. The average molecular weight is 346 g/mol. The molecular weight excluding hydrogens is 319 g/mol. The third kappa shape index (κ3) is 4.02. The largest absolute Gasteiger partial charge is 0.338 e. The van der Waals surface area contributed by atoms with Crippen LogP contribution in [0, 0.1) is 5.82 Å². The number of fused-ring (bicyclic) bond motifs is 1. The van der Waals surface area contributed by atoms with E-state index in [0.29, 0.717) is 19.5 Å². The van der Waals surface area contributed by atoms with Crippen molar-refractivity contribution in [2.24, 2.45) is 0 Å². The summed E-state index contributed by atoms with van der Waals surface area (Å²) in [6, 6.07) is 4.75. The van der Waals surface area contributed by atoms with Crippen LogP contribution in [-0.2, 0) is 22.6 Å². The molecule has 0 aromatic heterocycles. The number of carbonyl (C=O) groups excluding carboxylic acids is 2. The van der Waals surface area contributed by atoms with Crippen molar-refractivity contribution in [3.8, 4) is 0 Å². The Labute approximate surface area is 149 Å². The second-order valence-corrected chi connectivity index (χ2v) is 7.79. The van der Waals surface area contributed by atoms with E-state index >= 15 is 0 Å². The first kappa shape index (κ1) is 17.9. The number of rotatable bonds is 3. The van der Waals surface area contributed by atoms with E-state index in [9.17, 15) is 14.0 Å². The lowest BCUT2D eigenvalue weighted by molar-refractivity contribution is -0.142. The molecule has 0 radical (unpaired) electrons. The van der Waals surface area contributed by atoms with Crippen LogP contribution < -0.4 is 0 Å². The van der Waals surface area contributed by atoms with Gasteiger partial charge in [-0.2, -0.15) is 0 Å². The maximum absolute atomic E-state index is 13.3. The Morgan fingerprint density at radius 1 is 1.08 bits per heavy atom. The lowest BCUT2D eigenvalue weighted by Crippen LogP contribution is -2.50. The van der Waals surface area contributed by atoms with E-state index in [1.807, 2.05) is 4.90 Å². The Bertz CT molecular complexity index is 672. The highest BCUT2D eigenvalue weighted by molar-refractivity contribution is 5.84. The van der Waals surface area contributed by atoms with Gasteiger partial charge in [0.2, 0.25) is 11.8 Å². The summed E-state index contributed by atoms with van der Waals surface area (Å²) in [5.41, 5.74) is 1.88. The van der Waals surface area contributed by atoms with Crippen LogP contribution in [0.25, 0.3) is 0 Å². The van der Waals surface area contributed by atoms with Crippen LogP contribution in [0.5, 0.6) is 0 Å². The number of nitrogens with zero attached hydrogens (tertiary/aromatic N) is 2. The number of hydrogen-bond acceptors (Lipinski definition) is 2. The van der Waals surface area contributed by atoms with Gasteiger partial charge >= 0.3 is 0 Å². The van der Waals surface area contributed by atoms with Gasteiger partial charge in [0.25, 0.3) is 0 Å². The van der Waals surface area contributed by atoms with Crippen molar-refractivity contribution in [3.63, 3.8) is 0 Å². The molecule has 25 heavy (non-hydrogen) atoms. The van der Waals surface area contributed by atoms with Gasteiger partial charge in [-0.15, -0.1) is 0 Å². The minimum atomic E-state index is -0.228. The summed E-state index contributed by atoms with van der Waals surface area (Å²) in [7, 11) is 0. The molecule has 1 fully saturated rings. The van der Waals surface area contributed by atoms with Crippen LogP contribution in [0.15, 0.2) is 18.2 Å². The molecule has 0 bridgehead atoms. The second kappa shape index (κ2) is 7.14. The van der Waals surface area contributed by atoms with Crippen molar-refractivity contribution in [1.82, 2.24) is 9.80 Å². The average Bonchev–Trinajstić information content (AvgIpc) is 2.58. The predicted octanol–water partition coefficient (Wildman–Crippen LogP) is 3.28. The summed E-state index contributed by atoms with van der Waals surface area (Å²) in [4.78, 5) is 28.8. The highest BCUT2D eigenvalue weighted by atomic mass is 19.1. The number of halogens is 1. The fourth-order valence-corrected chi connectivity index (χ4v) is 3.97. The molecule has 0 aliphatic carbocycles. The number of amides is 2. The smallest absolute Gasteiger partial charge is 0.223 e. The van der Waals surface area contributed by atoms with Gasteiger partial charge in [-0.3, -0.25) is 9.59 Å². The van der Waals surface area contributed by atoms with Gasteiger partial charge in [0.15, 0.2) is 0 Å². The van der Waals surface area contributed by atoms with Gasteiger partial charge in [-0.05, 0) is 62.8 Å². The molecule has 3 rings (SSSR count). The number of likely N-dealkylation sites (tertiary alicyclic amines) is 1. The predicted molar refractivity (Wildman–Crippen MR) is 94.4 cm³/mol. The van der Waals surface area contributed by atoms with Crippen molar-refractivity contribution >= 4 is 11.8 Å². The van der Waals surface area contributed by atoms with Crippen molar-refractivity contribution in [3.05, 3.63) is 35.1 Å². The van der Waals surface area contributed by atoms with Crippen molar-refractivity contribution in [1.29, 1.82) is 0 Å². The van der Waals surface area contributed by atoms with Gasteiger partial charge in [0, 0.05) is 38.0 Å². The second-order valence-electron chi connectivity index (χ2n) is 7.79. The molecule has 1 aromatic carbocycles. The fraction of sp³-hybridized carbons (Fsp3) is 0.600. The zero-order chi connectivity index (χ0) is 18.0. The SMILES string of the molecule is CC1(C)CCCCN1C(=O)CCC(=O)N1CCc2cc(F)ccc2C1. The summed E-state index contributed by atoms with van der Waals surface area (Å²) >= 11 is 0. The third-order valence-corrected chi connectivity index (χ3v) is 5.54. The molecule has 4 nitrogen and oxygen atoms in total. The number of piperidine rings is 1. The molecule has 1 saturated heterocycles.